The van der Waals surface area contributed by atoms with E-state index in [1.807, 2.05) is 0 Å². The lowest BCUT2D eigenvalue weighted by Gasteiger charge is -2.00. The van der Waals surface area contributed by atoms with Gasteiger partial charge in [0.1, 0.15) is 0 Å². The first-order valence-corrected chi connectivity index (χ1v) is 4.19. The lowest BCUT2D eigenvalue weighted by molar-refractivity contribution is 0.564. The van der Waals surface area contributed by atoms with E-state index in [4.69, 9.17) is 10.3 Å². The molecule has 0 fully saturated rings. The predicted octanol–water partition coefficient (Wildman–Crippen LogP) is 1.16. The summed E-state index contributed by atoms with van der Waals surface area (Å²) in [6.07, 6.45) is 0. The van der Waals surface area contributed by atoms with Crippen LogP contribution in [0, 0.1) is 6.92 Å². The van der Waals surface area contributed by atoms with Crippen molar-refractivity contribution in [1.29, 1.82) is 0 Å². The second-order valence-electron chi connectivity index (χ2n) is 2.27. The van der Waals surface area contributed by atoms with Gasteiger partial charge in [-0.05, 0) is 30.7 Å². The van der Waals surface area contributed by atoms with Crippen molar-refractivity contribution in [1.82, 2.24) is 0 Å². The number of aryl methyl sites for hydroxylation is 1. The van der Waals surface area contributed by atoms with E-state index in [2.05, 4.69) is 0 Å². The van der Waals surface area contributed by atoms with Gasteiger partial charge in [0.05, 0.1) is 4.90 Å². The molecule has 11 heavy (non-hydrogen) atoms. The van der Waals surface area contributed by atoms with Crippen LogP contribution in [0.3, 0.4) is 0 Å². The SMILES string of the molecule is Cc1cc(N)ccc1S(=O)O. The van der Waals surface area contributed by atoms with E-state index in [0.717, 1.165) is 5.56 Å². The van der Waals surface area contributed by atoms with E-state index in [9.17, 15) is 4.21 Å². The van der Waals surface area contributed by atoms with Crippen LogP contribution in [0.2, 0.25) is 0 Å². The molecule has 1 aromatic rings. The Kier molecular flexibility index (Phi) is 2.26. The summed E-state index contributed by atoms with van der Waals surface area (Å²) in [5.41, 5.74) is 6.80. The van der Waals surface area contributed by atoms with Crippen LogP contribution in [0.25, 0.3) is 0 Å². The number of benzene rings is 1. The van der Waals surface area contributed by atoms with Crippen LogP contribution in [0.15, 0.2) is 23.1 Å². The Bertz CT molecular complexity index is 298. The van der Waals surface area contributed by atoms with Crippen molar-refractivity contribution in [2.24, 2.45) is 0 Å². The monoisotopic (exact) mass is 171 g/mol. The molecule has 1 aromatic carbocycles. The van der Waals surface area contributed by atoms with Crippen molar-refractivity contribution in [3.05, 3.63) is 23.8 Å². The maximum Gasteiger partial charge on any atom is 0.186 e. The first-order valence-electron chi connectivity index (χ1n) is 3.08. The molecule has 4 heteroatoms. The molecule has 1 unspecified atom stereocenters. The average molecular weight is 171 g/mol. The van der Waals surface area contributed by atoms with Crippen LogP contribution in [0.5, 0.6) is 0 Å². The normalized spacial score (nSPS) is 12.9. The molecule has 0 aliphatic rings. The van der Waals surface area contributed by atoms with Gasteiger partial charge in [-0.3, -0.25) is 0 Å². The second kappa shape index (κ2) is 3.02. The number of rotatable bonds is 1. The van der Waals surface area contributed by atoms with E-state index >= 15 is 0 Å². The van der Waals surface area contributed by atoms with Gasteiger partial charge in [0.15, 0.2) is 11.1 Å². The van der Waals surface area contributed by atoms with Gasteiger partial charge in [-0.1, -0.05) is 0 Å². The maximum absolute atomic E-state index is 10.6. The van der Waals surface area contributed by atoms with Gasteiger partial charge < -0.3 is 10.3 Å². The van der Waals surface area contributed by atoms with E-state index in [-0.39, 0.29) is 0 Å². The zero-order valence-electron chi connectivity index (χ0n) is 6.07. The number of nitrogens with two attached hydrogens (primary N) is 1. The molecule has 0 aliphatic heterocycles. The van der Waals surface area contributed by atoms with Crippen LogP contribution in [0.1, 0.15) is 5.56 Å². The Morgan fingerprint density at radius 3 is 2.64 bits per heavy atom. The summed E-state index contributed by atoms with van der Waals surface area (Å²) in [6.45, 7) is 1.75. The molecule has 0 saturated carbocycles. The van der Waals surface area contributed by atoms with Gasteiger partial charge in [-0.15, -0.1) is 0 Å². The summed E-state index contributed by atoms with van der Waals surface area (Å²) in [5, 5.41) is 0. The molecule has 0 bridgehead atoms. The predicted molar refractivity (Wildman–Crippen MR) is 44.6 cm³/mol. The maximum atomic E-state index is 10.6. The molecule has 0 amide bonds. The number of anilines is 1. The van der Waals surface area contributed by atoms with Gasteiger partial charge >= 0.3 is 0 Å². The smallest absolute Gasteiger partial charge is 0.186 e. The summed E-state index contributed by atoms with van der Waals surface area (Å²) in [4.78, 5) is 0.416. The van der Waals surface area contributed by atoms with Gasteiger partial charge in [0, 0.05) is 5.69 Å². The van der Waals surface area contributed by atoms with Crippen molar-refractivity contribution in [2.75, 3.05) is 5.73 Å². The quantitative estimate of drug-likeness (QED) is 0.492. The minimum absolute atomic E-state index is 0.416. The molecule has 3 N–H and O–H groups in total. The van der Waals surface area contributed by atoms with Crippen LogP contribution in [0.4, 0.5) is 5.69 Å². The standard InChI is InChI=1S/C7H9NO2S/c1-5-4-6(8)2-3-7(5)11(9)10/h2-4H,8H2,1H3,(H,9,10). The van der Waals surface area contributed by atoms with Gasteiger partial charge in [-0.2, -0.15) is 0 Å². The minimum Gasteiger partial charge on any atom is -0.399 e. The van der Waals surface area contributed by atoms with Crippen LogP contribution in [-0.4, -0.2) is 8.76 Å². The first kappa shape index (κ1) is 8.23. The molecule has 0 heterocycles. The molecule has 1 rings (SSSR count). The van der Waals surface area contributed by atoms with E-state index in [0.29, 0.717) is 10.6 Å². The number of hydrogen-bond acceptors (Lipinski definition) is 2. The van der Waals surface area contributed by atoms with E-state index in [1.165, 1.54) is 0 Å². The lowest BCUT2D eigenvalue weighted by Crippen LogP contribution is -1.94. The zero-order chi connectivity index (χ0) is 8.43. The molecular formula is C7H9NO2S. The van der Waals surface area contributed by atoms with Crippen molar-refractivity contribution >= 4 is 16.8 Å². The topological polar surface area (TPSA) is 63.3 Å². The van der Waals surface area contributed by atoms with Crippen LogP contribution < -0.4 is 5.73 Å². The number of nitrogen functional groups attached to an aromatic ring is 1. The molecule has 0 saturated heterocycles. The van der Waals surface area contributed by atoms with Crippen molar-refractivity contribution < 1.29 is 8.76 Å². The van der Waals surface area contributed by atoms with Crippen LogP contribution in [-0.2, 0) is 11.1 Å². The minimum atomic E-state index is -1.90. The van der Waals surface area contributed by atoms with E-state index in [1.54, 1.807) is 25.1 Å². The fraction of sp³-hybridized carbons (Fsp3) is 0.143. The fourth-order valence-electron chi connectivity index (χ4n) is 0.869. The number of hydrogen-bond donors (Lipinski definition) is 2. The highest BCUT2D eigenvalue weighted by Crippen LogP contribution is 2.14. The Hall–Kier alpha value is -0.870. The van der Waals surface area contributed by atoms with Crippen molar-refractivity contribution in [3.8, 4) is 0 Å². The third-order valence-electron chi connectivity index (χ3n) is 1.39. The fourth-order valence-corrected chi connectivity index (χ4v) is 1.39. The highest BCUT2D eigenvalue weighted by Gasteiger charge is 2.02. The first-order chi connectivity index (χ1) is 5.11. The molecule has 1 atom stereocenters. The van der Waals surface area contributed by atoms with Gasteiger partial charge in [0.25, 0.3) is 0 Å². The highest BCUT2D eigenvalue weighted by atomic mass is 32.2. The van der Waals surface area contributed by atoms with Gasteiger partial charge in [-0.25, -0.2) is 4.21 Å². The summed E-state index contributed by atoms with van der Waals surface area (Å²) in [5.74, 6) is 0. The lowest BCUT2D eigenvalue weighted by atomic mass is 10.2. The molecular weight excluding hydrogens is 162 g/mol. The Balaban J connectivity index is 3.20. The summed E-state index contributed by atoms with van der Waals surface area (Å²) in [7, 11) is 0. The molecule has 0 aromatic heterocycles. The molecule has 0 aliphatic carbocycles. The Labute approximate surface area is 67.5 Å². The summed E-state index contributed by atoms with van der Waals surface area (Å²) >= 11 is -1.90. The van der Waals surface area contributed by atoms with Crippen molar-refractivity contribution in [3.63, 3.8) is 0 Å². The largest absolute Gasteiger partial charge is 0.399 e. The van der Waals surface area contributed by atoms with Crippen LogP contribution >= 0.6 is 0 Å². The van der Waals surface area contributed by atoms with Crippen molar-refractivity contribution in [2.45, 2.75) is 11.8 Å². The molecule has 60 valence electrons. The molecule has 0 radical (unpaired) electrons. The molecule has 0 spiro atoms. The second-order valence-corrected chi connectivity index (χ2v) is 3.21. The summed E-state index contributed by atoms with van der Waals surface area (Å²) < 4.78 is 19.3. The van der Waals surface area contributed by atoms with E-state index < -0.39 is 11.1 Å². The molecule has 3 nitrogen and oxygen atoms in total. The third-order valence-corrected chi connectivity index (χ3v) is 2.22. The highest BCUT2D eigenvalue weighted by molar-refractivity contribution is 7.79. The Morgan fingerprint density at radius 1 is 1.55 bits per heavy atom. The Morgan fingerprint density at radius 2 is 2.18 bits per heavy atom. The zero-order valence-corrected chi connectivity index (χ0v) is 6.89. The third kappa shape index (κ3) is 1.78. The average Bonchev–Trinajstić information content (AvgIpc) is 1.85. The summed E-state index contributed by atoms with van der Waals surface area (Å²) in [6, 6.07) is 4.83. The van der Waals surface area contributed by atoms with Gasteiger partial charge in [0.2, 0.25) is 0 Å².